The highest BCUT2D eigenvalue weighted by atomic mass is 16.5. The van der Waals surface area contributed by atoms with Crippen LogP contribution in [0.5, 0.6) is 0 Å². The minimum atomic E-state index is -0.132. The summed E-state index contributed by atoms with van der Waals surface area (Å²) in [5.74, 6) is 0. The van der Waals surface area contributed by atoms with Crippen LogP contribution in [-0.4, -0.2) is 39.1 Å². The van der Waals surface area contributed by atoms with Crippen molar-refractivity contribution in [2.45, 2.75) is 52.7 Å². The Kier molecular flexibility index (Phi) is 6.53. The molecule has 0 bridgehead atoms. The fourth-order valence-corrected chi connectivity index (χ4v) is 2.12. The van der Waals surface area contributed by atoms with E-state index in [0.29, 0.717) is 6.61 Å². The summed E-state index contributed by atoms with van der Waals surface area (Å²) >= 11 is 0. The summed E-state index contributed by atoms with van der Waals surface area (Å²) in [6.07, 6.45) is 1.03. The molecule has 0 aromatic heterocycles. The predicted molar refractivity (Wildman–Crippen MR) is 66.8 cm³/mol. The Morgan fingerprint density at radius 2 is 1.62 bits per heavy atom. The van der Waals surface area contributed by atoms with Crippen molar-refractivity contribution >= 4 is 0 Å². The summed E-state index contributed by atoms with van der Waals surface area (Å²) < 4.78 is 16.5. The quantitative estimate of drug-likeness (QED) is 0.644. The van der Waals surface area contributed by atoms with E-state index in [1.54, 1.807) is 14.2 Å². The van der Waals surface area contributed by atoms with Crippen LogP contribution in [0.4, 0.5) is 0 Å². The molecule has 0 aromatic rings. The Bertz CT molecular complexity index is 188. The van der Waals surface area contributed by atoms with Gasteiger partial charge in [-0.05, 0) is 32.6 Å². The van der Waals surface area contributed by atoms with Crippen LogP contribution < -0.4 is 0 Å². The third-order valence-electron chi connectivity index (χ3n) is 3.06. The SMILES string of the molecule is CCOCC(OC)C(C)(C)CC(C)(C)OC. The van der Waals surface area contributed by atoms with E-state index in [-0.39, 0.29) is 17.1 Å². The van der Waals surface area contributed by atoms with Gasteiger partial charge in [0.25, 0.3) is 0 Å². The Labute approximate surface area is 100 Å². The van der Waals surface area contributed by atoms with Gasteiger partial charge in [0.1, 0.15) is 0 Å². The predicted octanol–water partition coefficient (Wildman–Crippen LogP) is 2.88. The molecule has 0 spiro atoms. The lowest BCUT2D eigenvalue weighted by Gasteiger charge is -2.38. The molecule has 3 heteroatoms. The first-order valence-corrected chi connectivity index (χ1v) is 5.94. The van der Waals surface area contributed by atoms with E-state index < -0.39 is 0 Å². The molecule has 0 aromatic carbocycles. The van der Waals surface area contributed by atoms with Gasteiger partial charge < -0.3 is 14.2 Å². The molecule has 0 aliphatic carbocycles. The Balaban J connectivity index is 4.47. The van der Waals surface area contributed by atoms with Gasteiger partial charge in [-0.15, -0.1) is 0 Å². The summed E-state index contributed by atoms with van der Waals surface area (Å²) in [6.45, 7) is 12.0. The molecular weight excluding hydrogens is 204 g/mol. The average molecular weight is 232 g/mol. The van der Waals surface area contributed by atoms with Gasteiger partial charge in [-0.2, -0.15) is 0 Å². The van der Waals surface area contributed by atoms with E-state index in [0.717, 1.165) is 13.0 Å². The molecule has 0 saturated heterocycles. The second kappa shape index (κ2) is 6.58. The van der Waals surface area contributed by atoms with Gasteiger partial charge in [0.2, 0.25) is 0 Å². The van der Waals surface area contributed by atoms with Crippen molar-refractivity contribution < 1.29 is 14.2 Å². The zero-order valence-corrected chi connectivity index (χ0v) is 11.9. The van der Waals surface area contributed by atoms with E-state index in [1.165, 1.54) is 0 Å². The van der Waals surface area contributed by atoms with E-state index in [2.05, 4.69) is 27.7 Å². The van der Waals surface area contributed by atoms with Crippen molar-refractivity contribution in [3.63, 3.8) is 0 Å². The lowest BCUT2D eigenvalue weighted by Crippen LogP contribution is -2.41. The molecule has 1 atom stereocenters. The normalized spacial score (nSPS) is 15.2. The molecule has 98 valence electrons. The first-order chi connectivity index (χ1) is 7.29. The smallest absolute Gasteiger partial charge is 0.0856 e. The van der Waals surface area contributed by atoms with Crippen molar-refractivity contribution in [2.24, 2.45) is 5.41 Å². The second-order valence-corrected chi connectivity index (χ2v) is 5.51. The molecule has 0 rings (SSSR count). The highest BCUT2D eigenvalue weighted by Gasteiger charge is 2.35. The lowest BCUT2D eigenvalue weighted by molar-refractivity contribution is -0.0899. The number of methoxy groups -OCH3 is 2. The van der Waals surface area contributed by atoms with Crippen molar-refractivity contribution in [3.05, 3.63) is 0 Å². The summed E-state index contributed by atoms with van der Waals surface area (Å²) in [5.41, 5.74) is -0.101. The summed E-state index contributed by atoms with van der Waals surface area (Å²) in [4.78, 5) is 0. The van der Waals surface area contributed by atoms with Crippen LogP contribution in [0.25, 0.3) is 0 Å². The van der Waals surface area contributed by atoms with Crippen LogP contribution >= 0.6 is 0 Å². The fraction of sp³-hybridized carbons (Fsp3) is 1.00. The Morgan fingerprint density at radius 1 is 1.06 bits per heavy atom. The van der Waals surface area contributed by atoms with Crippen molar-refractivity contribution in [1.82, 2.24) is 0 Å². The van der Waals surface area contributed by atoms with Crippen LogP contribution in [0.2, 0.25) is 0 Å². The highest BCUT2D eigenvalue weighted by Crippen LogP contribution is 2.34. The van der Waals surface area contributed by atoms with E-state index >= 15 is 0 Å². The third kappa shape index (κ3) is 5.28. The zero-order chi connectivity index (χ0) is 12.8. The third-order valence-corrected chi connectivity index (χ3v) is 3.06. The van der Waals surface area contributed by atoms with Crippen molar-refractivity contribution in [1.29, 1.82) is 0 Å². The van der Waals surface area contributed by atoms with Crippen LogP contribution in [0.15, 0.2) is 0 Å². The van der Waals surface area contributed by atoms with E-state index in [4.69, 9.17) is 14.2 Å². The topological polar surface area (TPSA) is 27.7 Å². The summed E-state index contributed by atoms with van der Waals surface area (Å²) in [6, 6.07) is 0. The van der Waals surface area contributed by atoms with Gasteiger partial charge in [0, 0.05) is 20.8 Å². The van der Waals surface area contributed by atoms with Crippen LogP contribution in [0.3, 0.4) is 0 Å². The number of hydrogen-bond donors (Lipinski definition) is 0. The Hall–Kier alpha value is -0.120. The summed E-state index contributed by atoms with van der Waals surface area (Å²) in [7, 11) is 3.49. The molecule has 16 heavy (non-hydrogen) atoms. The molecule has 0 aliphatic heterocycles. The minimum absolute atomic E-state index is 0.0312. The molecule has 0 radical (unpaired) electrons. The van der Waals surface area contributed by atoms with Gasteiger partial charge in [-0.3, -0.25) is 0 Å². The van der Waals surface area contributed by atoms with Crippen molar-refractivity contribution in [3.8, 4) is 0 Å². The highest BCUT2D eigenvalue weighted by molar-refractivity contribution is 4.86. The number of hydrogen-bond acceptors (Lipinski definition) is 3. The number of ether oxygens (including phenoxy) is 3. The molecule has 0 amide bonds. The molecule has 0 aliphatic rings. The molecule has 3 nitrogen and oxygen atoms in total. The molecule has 0 heterocycles. The average Bonchev–Trinajstić information content (AvgIpc) is 2.17. The van der Waals surface area contributed by atoms with Gasteiger partial charge in [0.05, 0.1) is 18.3 Å². The van der Waals surface area contributed by atoms with E-state index in [1.807, 2.05) is 6.92 Å². The fourth-order valence-electron chi connectivity index (χ4n) is 2.12. The molecule has 0 N–H and O–H groups in total. The number of rotatable bonds is 8. The first-order valence-electron chi connectivity index (χ1n) is 5.94. The largest absolute Gasteiger partial charge is 0.379 e. The maximum atomic E-state index is 5.53. The van der Waals surface area contributed by atoms with Gasteiger partial charge >= 0.3 is 0 Å². The van der Waals surface area contributed by atoms with E-state index in [9.17, 15) is 0 Å². The van der Waals surface area contributed by atoms with Crippen LogP contribution in [0, 0.1) is 5.41 Å². The summed E-state index contributed by atoms with van der Waals surface area (Å²) in [5, 5.41) is 0. The van der Waals surface area contributed by atoms with Crippen LogP contribution in [-0.2, 0) is 14.2 Å². The van der Waals surface area contributed by atoms with Crippen LogP contribution in [0.1, 0.15) is 41.0 Å². The van der Waals surface area contributed by atoms with Gasteiger partial charge in [0.15, 0.2) is 0 Å². The standard InChI is InChI=1S/C13H28O3/c1-8-16-9-11(14-6)12(2,3)10-13(4,5)15-7/h11H,8-10H2,1-7H3. The molecule has 0 fully saturated rings. The molecule has 1 unspecified atom stereocenters. The minimum Gasteiger partial charge on any atom is -0.379 e. The van der Waals surface area contributed by atoms with Crippen molar-refractivity contribution in [2.75, 3.05) is 27.4 Å². The zero-order valence-electron chi connectivity index (χ0n) is 11.9. The second-order valence-electron chi connectivity index (χ2n) is 5.51. The molecule has 0 saturated carbocycles. The Morgan fingerprint density at radius 3 is 2.00 bits per heavy atom. The van der Waals surface area contributed by atoms with Gasteiger partial charge in [-0.1, -0.05) is 13.8 Å². The van der Waals surface area contributed by atoms with Gasteiger partial charge in [-0.25, -0.2) is 0 Å². The maximum absolute atomic E-state index is 5.53. The maximum Gasteiger partial charge on any atom is 0.0856 e. The first kappa shape index (κ1) is 15.9. The lowest BCUT2D eigenvalue weighted by atomic mass is 9.77. The monoisotopic (exact) mass is 232 g/mol. The molecular formula is C13H28O3.